The van der Waals surface area contributed by atoms with Crippen LogP contribution < -0.4 is 15.0 Å². The zero-order chi connectivity index (χ0) is 18.3. The molecule has 7 nitrogen and oxygen atoms in total. The van der Waals surface area contributed by atoms with Crippen molar-refractivity contribution in [3.8, 4) is 17.1 Å². The molecular formula is C17H18F2N4O3. The maximum absolute atomic E-state index is 13.2. The Morgan fingerprint density at radius 1 is 1.38 bits per heavy atom. The van der Waals surface area contributed by atoms with Crippen molar-refractivity contribution in [3.63, 3.8) is 0 Å². The number of hydrogen-bond donors (Lipinski definition) is 1. The Hall–Kier alpha value is -2.84. The molecule has 2 aromatic rings. The number of ether oxygens (including phenoxy) is 2. The smallest absolute Gasteiger partial charge is 0.416 e. The number of aromatic nitrogens is 2. The van der Waals surface area contributed by atoms with Crippen molar-refractivity contribution in [2.75, 3.05) is 30.0 Å². The van der Waals surface area contributed by atoms with Gasteiger partial charge in [-0.05, 0) is 19.1 Å². The van der Waals surface area contributed by atoms with Crippen LogP contribution in [0.2, 0.25) is 0 Å². The third-order valence-corrected chi connectivity index (χ3v) is 4.40. The summed E-state index contributed by atoms with van der Waals surface area (Å²) in [6, 6.07) is 4.33. The molecule has 0 aliphatic carbocycles. The van der Waals surface area contributed by atoms with Crippen LogP contribution in [0.1, 0.15) is 6.92 Å². The van der Waals surface area contributed by atoms with E-state index in [1.165, 1.54) is 0 Å². The first-order chi connectivity index (χ1) is 12.6. The van der Waals surface area contributed by atoms with E-state index < -0.39 is 18.6 Å². The van der Waals surface area contributed by atoms with Gasteiger partial charge in [0.15, 0.2) is 5.82 Å². The second-order valence-electron chi connectivity index (χ2n) is 6.05. The molecule has 138 valence electrons. The highest BCUT2D eigenvalue weighted by atomic mass is 19.3. The van der Waals surface area contributed by atoms with Gasteiger partial charge in [-0.1, -0.05) is 0 Å². The Labute approximate surface area is 148 Å². The van der Waals surface area contributed by atoms with Crippen LogP contribution >= 0.6 is 0 Å². The van der Waals surface area contributed by atoms with Crippen LogP contribution in [-0.2, 0) is 11.3 Å². The van der Waals surface area contributed by atoms with Gasteiger partial charge in [0.2, 0.25) is 0 Å². The van der Waals surface area contributed by atoms with Gasteiger partial charge in [0, 0.05) is 24.5 Å². The van der Waals surface area contributed by atoms with Crippen LogP contribution in [0.3, 0.4) is 0 Å². The average Bonchev–Trinajstić information content (AvgIpc) is 3.15. The Balaban J connectivity index is 1.74. The van der Waals surface area contributed by atoms with Crippen LogP contribution in [-0.4, -0.2) is 47.9 Å². The molecular weight excluding hydrogens is 346 g/mol. The number of amides is 1. The Kier molecular flexibility index (Phi) is 4.14. The molecule has 2 aliphatic rings. The highest BCUT2D eigenvalue weighted by Crippen LogP contribution is 2.36. The molecule has 3 heterocycles. The number of alkyl halides is 2. The number of carbonyl (C=O) groups is 1. The van der Waals surface area contributed by atoms with Gasteiger partial charge in [0.05, 0.1) is 12.1 Å². The van der Waals surface area contributed by atoms with E-state index in [-0.39, 0.29) is 12.4 Å². The molecule has 1 saturated heterocycles. The summed E-state index contributed by atoms with van der Waals surface area (Å²) in [5.74, 6) is 1.40. The molecule has 0 bridgehead atoms. The second kappa shape index (κ2) is 6.47. The summed E-state index contributed by atoms with van der Waals surface area (Å²) in [5, 5.41) is 3.22. The number of fused-ring (bicyclic) bond motifs is 3. The molecule has 26 heavy (non-hydrogen) atoms. The van der Waals surface area contributed by atoms with Gasteiger partial charge in [-0.25, -0.2) is 23.5 Å². The first kappa shape index (κ1) is 16.6. The molecule has 1 fully saturated rings. The number of halogens is 2. The lowest BCUT2D eigenvalue weighted by Gasteiger charge is -2.17. The first-order valence-electron chi connectivity index (χ1n) is 8.41. The van der Waals surface area contributed by atoms with Crippen molar-refractivity contribution in [1.29, 1.82) is 0 Å². The van der Waals surface area contributed by atoms with E-state index in [9.17, 15) is 13.6 Å². The number of cyclic esters (lactones) is 1. The number of carbonyl (C=O) groups excluding carboxylic acids is 1. The number of anilines is 2. The van der Waals surface area contributed by atoms with Gasteiger partial charge in [0.25, 0.3) is 6.43 Å². The summed E-state index contributed by atoms with van der Waals surface area (Å²) in [6.07, 6.45) is -1.92. The van der Waals surface area contributed by atoms with E-state index in [4.69, 9.17) is 9.47 Å². The van der Waals surface area contributed by atoms with Crippen molar-refractivity contribution in [2.45, 2.75) is 25.9 Å². The maximum atomic E-state index is 13.2. The Morgan fingerprint density at radius 2 is 2.23 bits per heavy atom. The third kappa shape index (κ3) is 2.73. The van der Waals surface area contributed by atoms with E-state index >= 15 is 0 Å². The lowest BCUT2D eigenvalue weighted by Crippen LogP contribution is -2.38. The average molecular weight is 364 g/mol. The van der Waals surface area contributed by atoms with Crippen LogP contribution in [0, 0.1) is 0 Å². The molecule has 1 N–H and O–H groups in total. The van der Waals surface area contributed by atoms with Crippen LogP contribution in [0.25, 0.3) is 11.4 Å². The SMILES string of the molecule is CCNc1ccc2c(c1)OCCn1cc(N3C(=O)OCC3C(F)F)nc1-2. The van der Waals surface area contributed by atoms with Gasteiger partial charge in [0.1, 0.15) is 30.8 Å². The standard InChI is InChI=1S/C17H18F2N4O3/c1-2-20-10-3-4-11-13(7-10)25-6-5-22-8-14(21-16(11)22)23-12(15(18)19)9-26-17(23)24/h3-4,7-8,12,15,20H,2,5-6,9H2,1H3. The summed E-state index contributed by atoms with van der Waals surface area (Å²) in [4.78, 5) is 17.3. The highest BCUT2D eigenvalue weighted by molar-refractivity contribution is 5.89. The summed E-state index contributed by atoms with van der Waals surface area (Å²) in [7, 11) is 0. The van der Waals surface area contributed by atoms with Gasteiger partial charge < -0.3 is 19.4 Å². The minimum absolute atomic E-state index is 0.163. The van der Waals surface area contributed by atoms with E-state index in [1.807, 2.05) is 29.7 Å². The molecule has 1 atom stereocenters. The largest absolute Gasteiger partial charge is 0.491 e. The quantitative estimate of drug-likeness (QED) is 0.903. The molecule has 2 aliphatic heterocycles. The minimum atomic E-state index is -2.71. The Morgan fingerprint density at radius 3 is 3.00 bits per heavy atom. The predicted molar refractivity (Wildman–Crippen MR) is 90.9 cm³/mol. The van der Waals surface area contributed by atoms with Crippen LogP contribution in [0.15, 0.2) is 24.4 Å². The van der Waals surface area contributed by atoms with Crippen LogP contribution in [0.4, 0.5) is 25.1 Å². The lowest BCUT2D eigenvalue weighted by atomic mass is 10.1. The fraction of sp³-hybridized carbons (Fsp3) is 0.412. The summed E-state index contributed by atoms with van der Waals surface area (Å²) in [6.45, 7) is 3.35. The van der Waals surface area contributed by atoms with E-state index in [0.717, 1.165) is 22.7 Å². The molecule has 1 aromatic heterocycles. The number of rotatable bonds is 4. The number of benzene rings is 1. The molecule has 0 spiro atoms. The summed E-state index contributed by atoms with van der Waals surface area (Å²) < 4.78 is 38.8. The minimum Gasteiger partial charge on any atom is -0.491 e. The number of nitrogens with zero attached hydrogens (tertiary/aromatic N) is 3. The zero-order valence-corrected chi connectivity index (χ0v) is 14.1. The molecule has 1 amide bonds. The fourth-order valence-electron chi connectivity index (χ4n) is 3.18. The Bertz CT molecular complexity index is 839. The molecule has 9 heteroatoms. The van der Waals surface area contributed by atoms with Crippen molar-refractivity contribution in [1.82, 2.24) is 9.55 Å². The third-order valence-electron chi connectivity index (χ3n) is 4.40. The van der Waals surface area contributed by atoms with E-state index in [2.05, 4.69) is 10.3 Å². The van der Waals surface area contributed by atoms with Gasteiger partial charge in [-0.15, -0.1) is 0 Å². The second-order valence-corrected chi connectivity index (χ2v) is 6.05. The van der Waals surface area contributed by atoms with Crippen molar-refractivity contribution >= 4 is 17.6 Å². The van der Waals surface area contributed by atoms with Crippen molar-refractivity contribution in [3.05, 3.63) is 24.4 Å². The van der Waals surface area contributed by atoms with Crippen LogP contribution in [0.5, 0.6) is 5.75 Å². The zero-order valence-electron chi connectivity index (χ0n) is 14.1. The van der Waals surface area contributed by atoms with Gasteiger partial charge in [-0.3, -0.25) is 0 Å². The van der Waals surface area contributed by atoms with Gasteiger partial charge >= 0.3 is 6.09 Å². The highest BCUT2D eigenvalue weighted by Gasteiger charge is 2.42. The number of nitrogens with one attached hydrogen (secondary N) is 1. The van der Waals surface area contributed by atoms with E-state index in [0.29, 0.717) is 24.7 Å². The number of hydrogen-bond acceptors (Lipinski definition) is 5. The maximum Gasteiger partial charge on any atom is 0.416 e. The monoisotopic (exact) mass is 364 g/mol. The summed E-state index contributed by atoms with van der Waals surface area (Å²) in [5.41, 5.74) is 1.67. The molecule has 1 aromatic carbocycles. The molecule has 1 unspecified atom stereocenters. The fourth-order valence-corrected chi connectivity index (χ4v) is 3.18. The summed E-state index contributed by atoms with van der Waals surface area (Å²) >= 11 is 0. The molecule has 0 radical (unpaired) electrons. The topological polar surface area (TPSA) is 68.6 Å². The number of imidazole rings is 1. The molecule has 4 rings (SSSR count). The first-order valence-corrected chi connectivity index (χ1v) is 8.41. The predicted octanol–water partition coefficient (Wildman–Crippen LogP) is 2.96. The van der Waals surface area contributed by atoms with Crippen molar-refractivity contribution in [2.24, 2.45) is 0 Å². The normalized spacial score (nSPS) is 18.8. The van der Waals surface area contributed by atoms with Gasteiger partial charge in [-0.2, -0.15) is 0 Å². The van der Waals surface area contributed by atoms with E-state index in [1.54, 1.807) is 6.20 Å². The molecule has 0 saturated carbocycles. The lowest BCUT2D eigenvalue weighted by molar-refractivity contribution is 0.104. The van der Waals surface area contributed by atoms with Crippen molar-refractivity contribution < 1.29 is 23.0 Å².